The van der Waals surface area contributed by atoms with Gasteiger partial charge in [-0.05, 0) is 12.8 Å². The predicted octanol–water partition coefficient (Wildman–Crippen LogP) is 1.85. The molecule has 0 fully saturated rings. The van der Waals surface area contributed by atoms with Gasteiger partial charge in [-0.15, -0.1) is 0 Å². The molecule has 0 saturated heterocycles. The number of nitrogen functional groups attached to an aromatic ring is 1. The van der Waals surface area contributed by atoms with Crippen molar-refractivity contribution < 1.29 is 0 Å². The van der Waals surface area contributed by atoms with Crippen LogP contribution in [0.4, 0.5) is 11.5 Å². The van der Waals surface area contributed by atoms with Gasteiger partial charge in [0.2, 0.25) is 0 Å². The lowest BCUT2D eigenvalue weighted by molar-refractivity contribution is 0.493. The highest BCUT2D eigenvalue weighted by molar-refractivity contribution is 5.60. The van der Waals surface area contributed by atoms with Crippen LogP contribution in [-0.4, -0.2) is 15.8 Å². The quantitative estimate of drug-likeness (QED) is 0.772. The highest BCUT2D eigenvalue weighted by Gasteiger charge is 2.12. The first-order valence-electron chi connectivity index (χ1n) is 5.10. The first-order chi connectivity index (χ1) is 6.54. The fraction of sp³-hybridized carbons (Fsp3) is 0.700. The van der Waals surface area contributed by atoms with E-state index in [1.54, 1.807) is 4.68 Å². The van der Waals surface area contributed by atoms with E-state index in [1.807, 2.05) is 13.2 Å². The number of nitrogens with two attached hydrogens (primary N) is 1. The Balaban J connectivity index is 2.64. The summed E-state index contributed by atoms with van der Waals surface area (Å²) in [6.45, 7) is 6.56. The molecule has 0 amide bonds. The molecule has 0 aromatic carbocycles. The standard InChI is InChI=1S/C10H20N4/c1-5-7(2)8(3)12-10-9(11)6-14(4)13-10/h6-8H,5,11H2,1-4H3,(H,12,13). The fourth-order valence-corrected chi connectivity index (χ4v) is 1.33. The number of hydrogen-bond donors (Lipinski definition) is 2. The van der Waals surface area contributed by atoms with Gasteiger partial charge < -0.3 is 11.1 Å². The van der Waals surface area contributed by atoms with Crippen LogP contribution in [0.15, 0.2) is 6.20 Å². The Bertz CT molecular complexity index is 292. The molecule has 2 atom stereocenters. The lowest BCUT2D eigenvalue weighted by Crippen LogP contribution is -2.23. The minimum absolute atomic E-state index is 0.400. The van der Waals surface area contributed by atoms with Crippen LogP contribution in [0, 0.1) is 5.92 Å². The van der Waals surface area contributed by atoms with Crippen LogP contribution >= 0.6 is 0 Å². The van der Waals surface area contributed by atoms with E-state index in [0.717, 1.165) is 12.2 Å². The van der Waals surface area contributed by atoms with Crippen molar-refractivity contribution in [3.05, 3.63) is 6.20 Å². The number of hydrogen-bond acceptors (Lipinski definition) is 3. The summed E-state index contributed by atoms with van der Waals surface area (Å²) in [5.41, 5.74) is 6.50. The van der Waals surface area contributed by atoms with Crippen LogP contribution < -0.4 is 11.1 Å². The highest BCUT2D eigenvalue weighted by atomic mass is 15.3. The zero-order valence-corrected chi connectivity index (χ0v) is 9.41. The molecule has 80 valence electrons. The first kappa shape index (κ1) is 10.9. The summed E-state index contributed by atoms with van der Waals surface area (Å²) in [5.74, 6) is 1.41. The number of nitrogens with zero attached hydrogens (tertiary/aromatic N) is 2. The lowest BCUT2D eigenvalue weighted by atomic mass is 10.0. The fourth-order valence-electron chi connectivity index (χ4n) is 1.33. The lowest BCUT2D eigenvalue weighted by Gasteiger charge is -2.19. The average Bonchev–Trinajstić information content (AvgIpc) is 2.44. The van der Waals surface area contributed by atoms with Crippen LogP contribution in [0.25, 0.3) is 0 Å². The Morgan fingerprint density at radius 1 is 1.57 bits per heavy atom. The van der Waals surface area contributed by atoms with Gasteiger partial charge in [0.15, 0.2) is 5.82 Å². The topological polar surface area (TPSA) is 55.9 Å². The molecule has 3 N–H and O–H groups in total. The molecule has 1 rings (SSSR count). The van der Waals surface area contributed by atoms with Gasteiger partial charge in [-0.2, -0.15) is 5.10 Å². The van der Waals surface area contributed by atoms with E-state index in [1.165, 1.54) is 0 Å². The van der Waals surface area contributed by atoms with E-state index in [4.69, 9.17) is 5.73 Å². The largest absolute Gasteiger partial charge is 0.394 e. The molecule has 1 aromatic rings. The van der Waals surface area contributed by atoms with Gasteiger partial charge in [0.05, 0.1) is 5.69 Å². The maximum absolute atomic E-state index is 5.79. The average molecular weight is 196 g/mol. The van der Waals surface area contributed by atoms with Crippen molar-refractivity contribution in [3.63, 3.8) is 0 Å². The smallest absolute Gasteiger partial charge is 0.171 e. The van der Waals surface area contributed by atoms with Crippen LogP contribution in [0.3, 0.4) is 0 Å². The number of anilines is 2. The SMILES string of the molecule is CCC(C)C(C)Nc1nn(C)cc1N. The van der Waals surface area contributed by atoms with Crippen molar-refractivity contribution in [1.29, 1.82) is 0 Å². The summed E-state index contributed by atoms with van der Waals surface area (Å²) < 4.78 is 1.72. The molecule has 0 aliphatic carbocycles. The van der Waals surface area contributed by atoms with E-state index in [2.05, 4.69) is 31.2 Å². The summed E-state index contributed by atoms with van der Waals surface area (Å²) in [5, 5.41) is 7.57. The molecule has 0 bridgehead atoms. The van der Waals surface area contributed by atoms with Crippen molar-refractivity contribution in [2.75, 3.05) is 11.1 Å². The zero-order chi connectivity index (χ0) is 10.7. The van der Waals surface area contributed by atoms with Gasteiger partial charge in [0.1, 0.15) is 0 Å². The monoisotopic (exact) mass is 196 g/mol. The molecule has 0 aliphatic rings. The molecule has 0 radical (unpaired) electrons. The molecule has 1 heterocycles. The molecule has 4 heteroatoms. The number of rotatable bonds is 4. The summed E-state index contributed by atoms with van der Waals surface area (Å²) in [6.07, 6.45) is 2.96. The van der Waals surface area contributed by atoms with Crippen molar-refractivity contribution in [2.45, 2.75) is 33.2 Å². The second kappa shape index (κ2) is 4.35. The van der Waals surface area contributed by atoms with Crippen molar-refractivity contribution in [3.8, 4) is 0 Å². The minimum atomic E-state index is 0.400. The number of aryl methyl sites for hydroxylation is 1. The Morgan fingerprint density at radius 3 is 2.64 bits per heavy atom. The first-order valence-corrected chi connectivity index (χ1v) is 5.10. The Morgan fingerprint density at radius 2 is 2.21 bits per heavy atom. The van der Waals surface area contributed by atoms with Crippen LogP contribution in [0.2, 0.25) is 0 Å². The summed E-state index contributed by atoms with van der Waals surface area (Å²) in [6, 6.07) is 0.400. The van der Waals surface area contributed by atoms with Crippen molar-refractivity contribution in [1.82, 2.24) is 9.78 Å². The van der Waals surface area contributed by atoms with Gasteiger partial charge in [0, 0.05) is 19.3 Å². The van der Waals surface area contributed by atoms with E-state index >= 15 is 0 Å². The molecule has 2 unspecified atom stereocenters. The second-order valence-corrected chi connectivity index (χ2v) is 3.93. The van der Waals surface area contributed by atoms with Crippen molar-refractivity contribution in [2.24, 2.45) is 13.0 Å². The third kappa shape index (κ3) is 2.40. The van der Waals surface area contributed by atoms with Gasteiger partial charge in [0.25, 0.3) is 0 Å². The second-order valence-electron chi connectivity index (χ2n) is 3.93. The maximum Gasteiger partial charge on any atom is 0.171 e. The zero-order valence-electron chi connectivity index (χ0n) is 9.41. The highest BCUT2D eigenvalue weighted by Crippen LogP contribution is 2.18. The Hall–Kier alpha value is -1.19. The van der Waals surface area contributed by atoms with Gasteiger partial charge in [-0.3, -0.25) is 4.68 Å². The molecule has 14 heavy (non-hydrogen) atoms. The van der Waals surface area contributed by atoms with Crippen molar-refractivity contribution >= 4 is 11.5 Å². The minimum Gasteiger partial charge on any atom is -0.394 e. The van der Waals surface area contributed by atoms with E-state index in [0.29, 0.717) is 17.6 Å². The van der Waals surface area contributed by atoms with Crippen LogP contribution in [0.1, 0.15) is 27.2 Å². The Labute approximate surface area is 85.5 Å². The molecule has 0 aliphatic heterocycles. The van der Waals surface area contributed by atoms with E-state index in [9.17, 15) is 0 Å². The third-order valence-electron chi connectivity index (χ3n) is 2.72. The summed E-state index contributed by atoms with van der Waals surface area (Å²) in [4.78, 5) is 0. The predicted molar refractivity (Wildman–Crippen MR) is 60.2 cm³/mol. The van der Waals surface area contributed by atoms with E-state index < -0.39 is 0 Å². The van der Waals surface area contributed by atoms with E-state index in [-0.39, 0.29) is 0 Å². The molecule has 1 aromatic heterocycles. The molecule has 0 saturated carbocycles. The molecule has 4 nitrogen and oxygen atoms in total. The normalized spacial score (nSPS) is 15.1. The van der Waals surface area contributed by atoms with Gasteiger partial charge in [-0.25, -0.2) is 0 Å². The van der Waals surface area contributed by atoms with Gasteiger partial charge >= 0.3 is 0 Å². The van der Waals surface area contributed by atoms with Crippen LogP contribution in [-0.2, 0) is 7.05 Å². The van der Waals surface area contributed by atoms with Gasteiger partial charge in [-0.1, -0.05) is 20.3 Å². The van der Waals surface area contributed by atoms with Crippen LogP contribution in [0.5, 0.6) is 0 Å². The maximum atomic E-state index is 5.79. The molecular formula is C10H20N4. The molecular weight excluding hydrogens is 176 g/mol. The summed E-state index contributed by atoms with van der Waals surface area (Å²) >= 11 is 0. The Kier molecular flexibility index (Phi) is 3.38. The summed E-state index contributed by atoms with van der Waals surface area (Å²) in [7, 11) is 1.87. The number of nitrogens with one attached hydrogen (secondary N) is 1. The molecule has 0 spiro atoms. The number of aromatic nitrogens is 2. The third-order valence-corrected chi connectivity index (χ3v) is 2.72.